The molecule has 0 saturated heterocycles. The van der Waals surface area contributed by atoms with Crippen LogP contribution in [-0.2, 0) is 9.84 Å². The van der Waals surface area contributed by atoms with Gasteiger partial charge >= 0.3 is 0 Å². The fourth-order valence-electron chi connectivity index (χ4n) is 1.23. The third kappa shape index (κ3) is 4.72. The van der Waals surface area contributed by atoms with Gasteiger partial charge < -0.3 is 15.6 Å². The highest BCUT2D eigenvalue weighted by molar-refractivity contribution is 7.90. The van der Waals surface area contributed by atoms with Crippen LogP contribution in [0.4, 0.5) is 0 Å². The lowest BCUT2D eigenvalue weighted by Gasteiger charge is -2.10. The number of sulfone groups is 1. The van der Waals surface area contributed by atoms with Crippen molar-refractivity contribution in [2.24, 2.45) is 5.73 Å². The van der Waals surface area contributed by atoms with E-state index in [0.717, 1.165) is 6.26 Å². The molecule has 0 heterocycles. The highest BCUT2D eigenvalue weighted by Crippen LogP contribution is 2.17. The van der Waals surface area contributed by atoms with Crippen molar-refractivity contribution in [1.29, 1.82) is 0 Å². The lowest BCUT2D eigenvalue weighted by Crippen LogP contribution is -2.21. The fourth-order valence-corrected chi connectivity index (χ4v) is 1.88. The van der Waals surface area contributed by atoms with Gasteiger partial charge in [0.1, 0.15) is 5.75 Å². The molecule has 0 aliphatic carbocycles. The molecule has 0 bridgehead atoms. The Morgan fingerprint density at radius 1 is 1.47 bits per heavy atom. The average molecular weight is 259 g/mol. The van der Waals surface area contributed by atoms with Gasteiger partial charge in [-0.2, -0.15) is 0 Å². The molecular formula is C11H17NO4S. The Morgan fingerprint density at radius 2 is 2.18 bits per heavy atom. The lowest BCUT2D eigenvalue weighted by atomic mass is 10.3. The van der Waals surface area contributed by atoms with Crippen LogP contribution in [0.3, 0.4) is 0 Å². The maximum atomic E-state index is 11.3. The summed E-state index contributed by atoms with van der Waals surface area (Å²) in [6, 6.07) is 6.26. The molecule has 0 aliphatic rings. The molecule has 1 atom stereocenters. The first-order valence-corrected chi connectivity index (χ1v) is 7.13. The topological polar surface area (TPSA) is 89.6 Å². The molecule has 17 heavy (non-hydrogen) atoms. The fraction of sp³-hybridized carbons (Fsp3) is 0.455. The van der Waals surface area contributed by atoms with Gasteiger partial charge in [-0.05, 0) is 18.2 Å². The molecule has 0 aromatic heterocycles. The first kappa shape index (κ1) is 14.0. The molecular weight excluding hydrogens is 242 g/mol. The monoisotopic (exact) mass is 259 g/mol. The maximum absolute atomic E-state index is 11.3. The summed E-state index contributed by atoms with van der Waals surface area (Å²) in [6.45, 7) is 0.484. The smallest absolute Gasteiger partial charge is 0.175 e. The maximum Gasteiger partial charge on any atom is 0.175 e. The van der Waals surface area contributed by atoms with Crippen LogP contribution in [0, 0.1) is 0 Å². The summed E-state index contributed by atoms with van der Waals surface area (Å²) in [5, 5.41) is 9.22. The second-order valence-corrected chi connectivity index (χ2v) is 5.79. The molecule has 5 nitrogen and oxygen atoms in total. The van der Waals surface area contributed by atoms with Crippen molar-refractivity contribution in [1.82, 2.24) is 0 Å². The Kier molecular flexibility index (Phi) is 4.92. The SMILES string of the molecule is CS(=O)(=O)c1cccc(OCCC(O)CN)c1. The van der Waals surface area contributed by atoms with Crippen LogP contribution in [0.25, 0.3) is 0 Å². The zero-order valence-electron chi connectivity index (χ0n) is 9.67. The van der Waals surface area contributed by atoms with Gasteiger partial charge in [0.05, 0.1) is 17.6 Å². The van der Waals surface area contributed by atoms with Gasteiger partial charge in [0.2, 0.25) is 0 Å². The molecule has 1 unspecified atom stereocenters. The average Bonchev–Trinajstić information content (AvgIpc) is 2.28. The summed E-state index contributed by atoms with van der Waals surface area (Å²) in [6.07, 6.45) is 0.970. The minimum Gasteiger partial charge on any atom is -0.493 e. The number of aliphatic hydroxyl groups is 1. The summed E-state index contributed by atoms with van der Waals surface area (Å²) in [4.78, 5) is 0.217. The number of hydrogen-bond donors (Lipinski definition) is 2. The van der Waals surface area contributed by atoms with E-state index in [1.165, 1.54) is 12.1 Å². The first-order valence-electron chi connectivity index (χ1n) is 5.24. The Hall–Kier alpha value is -1.11. The molecule has 3 N–H and O–H groups in total. The second-order valence-electron chi connectivity index (χ2n) is 3.77. The molecule has 0 amide bonds. The van der Waals surface area contributed by atoms with Crippen molar-refractivity contribution >= 4 is 9.84 Å². The number of hydrogen-bond acceptors (Lipinski definition) is 5. The predicted octanol–water partition coefficient (Wildman–Crippen LogP) is 0.179. The number of benzene rings is 1. The predicted molar refractivity (Wildman–Crippen MR) is 64.7 cm³/mol. The van der Waals surface area contributed by atoms with E-state index < -0.39 is 15.9 Å². The molecule has 1 aromatic carbocycles. The number of nitrogens with two attached hydrogens (primary N) is 1. The van der Waals surface area contributed by atoms with Crippen LogP contribution in [0.1, 0.15) is 6.42 Å². The molecule has 1 rings (SSSR count). The van der Waals surface area contributed by atoms with Gasteiger partial charge in [0.25, 0.3) is 0 Å². The molecule has 0 spiro atoms. The molecule has 0 saturated carbocycles. The van der Waals surface area contributed by atoms with Crippen molar-refractivity contribution in [2.75, 3.05) is 19.4 Å². The van der Waals surface area contributed by atoms with E-state index in [-0.39, 0.29) is 11.4 Å². The number of ether oxygens (including phenoxy) is 1. The van der Waals surface area contributed by atoms with E-state index >= 15 is 0 Å². The zero-order chi connectivity index (χ0) is 12.9. The summed E-state index contributed by atoms with van der Waals surface area (Å²) >= 11 is 0. The third-order valence-electron chi connectivity index (χ3n) is 2.23. The molecule has 6 heteroatoms. The minimum absolute atomic E-state index is 0.187. The Labute approximate surface area is 101 Å². The first-order chi connectivity index (χ1) is 7.93. The van der Waals surface area contributed by atoms with Crippen LogP contribution in [0.15, 0.2) is 29.2 Å². The largest absolute Gasteiger partial charge is 0.493 e. The Balaban J connectivity index is 2.61. The van der Waals surface area contributed by atoms with Crippen LogP contribution in [0.5, 0.6) is 5.75 Å². The van der Waals surface area contributed by atoms with Crippen molar-refractivity contribution in [3.8, 4) is 5.75 Å². The number of aliphatic hydroxyl groups excluding tert-OH is 1. The van der Waals surface area contributed by atoms with Crippen LogP contribution < -0.4 is 10.5 Å². The minimum atomic E-state index is -3.22. The van der Waals surface area contributed by atoms with E-state index in [1.54, 1.807) is 12.1 Å². The number of rotatable bonds is 6. The second kappa shape index (κ2) is 6.00. The van der Waals surface area contributed by atoms with Crippen LogP contribution in [0.2, 0.25) is 0 Å². The highest BCUT2D eigenvalue weighted by atomic mass is 32.2. The Morgan fingerprint density at radius 3 is 2.76 bits per heavy atom. The molecule has 1 aromatic rings. The normalized spacial score (nSPS) is 13.4. The Bertz CT molecular complexity index is 458. The lowest BCUT2D eigenvalue weighted by molar-refractivity contribution is 0.146. The summed E-state index contributed by atoms with van der Waals surface area (Å²) < 4.78 is 27.9. The van der Waals surface area contributed by atoms with Gasteiger partial charge in [0, 0.05) is 19.2 Å². The van der Waals surface area contributed by atoms with E-state index in [1.807, 2.05) is 0 Å². The quantitative estimate of drug-likeness (QED) is 0.760. The molecule has 0 radical (unpaired) electrons. The van der Waals surface area contributed by atoms with E-state index in [0.29, 0.717) is 18.8 Å². The van der Waals surface area contributed by atoms with Crippen LogP contribution >= 0.6 is 0 Å². The summed E-state index contributed by atoms with van der Waals surface area (Å²) in [7, 11) is -3.22. The van der Waals surface area contributed by atoms with Gasteiger partial charge in [-0.25, -0.2) is 8.42 Å². The van der Waals surface area contributed by atoms with E-state index in [4.69, 9.17) is 10.5 Å². The van der Waals surface area contributed by atoms with Crippen molar-refractivity contribution < 1.29 is 18.3 Å². The van der Waals surface area contributed by atoms with Crippen molar-refractivity contribution in [3.05, 3.63) is 24.3 Å². The molecule has 96 valence electrons. The molecule has 0 aliphatic heterocycles. The van der Waals surface area contributed by atoms with Gasteiger partial charge in [-0.3, -0.25) is 0 Å². The van der Waals surface area contributed by atoms with E-state index in [9.17, 15) is 13.5 Å². The van der Waals surface area contributed by atoms with Crippen molar-refractivity contribution in [3.63, 3.8) is 0 Å². The van der Waals surface area contributed by atoms with Crippen LogP contribution in [-0.4, -0.2) is 39.0 Å². The van der Waals surface area contributed by atoms with Gasteiger partial charge in [-0.15, -0.1) is 0 Å². The van der Waals surface area contributed by atoms with Gasteiger partial charge in [0.15, 0.2) is 9.84 Å². The standard InChI is InChI=1S/C11H17NO4S/c1-17(14,15)11-4-2-3-10(7-11)16-6-5-9(13)8-12/h2-4,7,9,13H,5-6,8,12H2,1H3. The highest BCUT2D eigenvalue weighted by Gasteiger charge is 2.08. The van der Waals surface area contributed by atoms with E-state index in [2.05, 4.69) is 0 Å². The zero-order valence-corrected chi connectivity index (χ0v) is 10.5. The van der Waals surface area contributed by atoms with Gasteiger partial charge in [-0.1, -0.05) is 6.07 Å². The molecule has 0 fully saturated rings. The summed E-state index contributed by atoms with van der Waals surface area (Å²) in [5.41, 5.74) is 5.25. The third-order valence-corrected chi connectivity index (χ3v) is 3.34. The van der Waals surface area contributed by atoms with Crippen molar-refractivity contribution in [2.45, 2.75) is 17.4 Å². The summed E-state index contributed by atoms with van der Waals surface area (Å²) in [5.74, 6) is 0.470.